The third-order valence-corrected chi connectivity index (χ3v) is 3.76. The van der Waals surface area contributed by atoms with Crippen molar-refractivity contribution in [2.45, 2.75) is 33.4 Å². The van der Waals surface area contributed by atoms with Crippen molar-refractivity contribution in [2.24, 2.45) is 5.41 Å². The zero-order valence-corrected chi connectivity index (χ0v) is 12.3. The highest BCUT2D eigenvalue weighted by molar-refractivity contribution is 5.56. The lowest BCUT2D eigenvalue weighted by Crippen LogP contribution is -2.40. The summed E-state index contributed by atoms with van der Waals surface area (Å²) in [4.78, 5) is 0. The van der Waals surface area contributed by atoms with Crippen LogP contribution in [0, 0.1) is 17.0 Å². The second-order valence-electron chi connectivity index (χ2n) is 6.41. The van der Waals surface area contributed by atoms with E-state index in [1.807, 2.05) is 4.57 Å². The number of hydrogen-bond donors (Lipinski definition) is 1. The molecule has 0 saturated heterocycles. The molecular weight excluding hydrogens is 274 g/mol. The van der Waals surface area contributed by atoms with Crippen LogP contribution in [0.1, 0.15) is 32.6 Å². The summed E-state index contributed by atoms with van der Waals surface area (Å²) in [6.45, 7) is 7.79. The Bertz CT molecular complexity index is 673. The average molecular weight is 292 g/mol. The zero-order valence-electron chi connectivity index (χ0n) is 12.3. The molecule has 1 aliphatic heterocycles. The second-order valence-corrected chi connectivity index (χ2v) is 6.41. The maximum atomic E-state index is 14.0. The zero-order chi connectivity index (χ0) is 15.2. The Morgan fingerprint density at radius 3 is 2.67 bits per heavy atom. The number of nitrogens with zero attached hydrogens (tertiary/aromatic N) is 3. The number of halogens is 2. The van der Waals surface area contributed by atoms with Crippen molar-refractivity contribution in [1.82, 2.24) is 20.1 Å². The highest BCUT2D eigenvalue weighted by atomic mass is 19.1. The summed E-state index contributed by atoms with van der Waals surface area (Å²) in [5.41, 5.74) is 0.258. The third kappa shape index (κ3) is 2.44. The number of nitrogens with one attached hydrogen (secondary N) is 1. The minimum absolute atomic E-state index is 0.0240. The summed E-state index contributed by atoms with van der Waals surface area (Å²) >= 11 is 0. The van der Waals surface area contributed by atoms with Crippen molar-refractivity contribution in [1.29, 1.82) is 0 Å². The fourth-order valence-electron chi connectivity index (χ4n) is 2.72. The van der Waals surface area contributed by atoms with Gasteiger partial charge in [0.05, 0.1) is 11.6 Å². The van der Waals surface area contributed by atoms with Gasteiger partial charge in [-0.3, -0.25) is 0 Å². The van der Waals surface area contributed by atoms with Crippen LogP contribution >= 0.6 is 0 Å². The van der Waals surface area contributed by atoms with Gasteiger partial charge in [-0.25, -0.2) is 8.78 Å². The van der Waals surface area contributed by atoms with E-state index in [-0.39, 0.29) is 17.0 Å². The number of fused-ring (bicyclic) bond motifs is 1. The lowest BCUT2D eigenvalue weighted by molar-refractivity contribution is 0.234. The van der Waals surface area contributed by atoms with Crippen LogP contribution in [0.2, 0.25) is 0 Å². The molecule has 1 N–H and O–H groups in total. The smallest absolute Gasteiger partial charge is 0.167 e. The molecule has 6 heteroatoms. The highest BCUT2D eigenvalue weighted by Gasteiger charge is 2.34. The molecule has 1 aromatic heterocycles. The lowest BCUT2D eigenvalue weighted by atomic mass is 9.85. The summed E-state index contributed by atoms with van der Waals surface area (Å²) < 4.78 is 29.0. The van der Waals surface area contributed by atoms with E-state index in [0.717, 1.165) is 18.4 Å². The van der Waals surface area contributed by atoms with Gasteiger partial charge in [0.2, 0.25) is 0 Å². The van der Waals surface area contributed by atoms with Crippen LogP contribution in [0.4, 0.5) is 8.78 Å². The van der Waals surface area contributed by atoms with E-state index >= 15 is 0 Å². The molecule has 3 rings (SSSR count). The normalized spacial score (nSPS) is 18.6. The topological polar surface area (TPSA) is 42.7 Å². The maximum absolute atomic E-state index is 14.0. The quantitative estimate of drug-likeness (QED) is 0.879. The number of hydrogen-bond acceptors (Lipinski definition) is 3. The van der Waals surface area contributed by atoms with Crippen LogP contribution in [0.25, 0.3) is 11.4 Å². The van der Waals surface area contributed by atoms with Gasteiger partial charge in [-0.05, 0) is 17.5 Å². The fourth-order valence-corrected chi connectivity index (χ4v) is 2.72. The Labute approximate surface area is 122 Å². The standard InChI is InChI=1S/C15H18F2N4/c1-15(2,3)12-14-20-19-13(21(14)7-6-18-12)10-5-4-9(16)8-11(10)17/h4-5,8,12,18H,6-7H2,1-3H3. The average Bonchev–Trinajstić information content (AvgIpc) is 2.81. The summed E-state index contributed by atoms with van der Waals surface area (Å²) in [5, 5.41) is 11.8. The molecule has 0 spiro atoms. The second kappa shape index (κ2) is 4.87. The van der Waals surface area contributed by atoms with Crippen LogP contribution < -0.4 is 5.32 Å². The molecule has 0 amide bonds. The Balaban J connectivity index is 2.09. The molecule has 1 aliphatic rings. The first-order valence-electron chi connectivity index (χ1n) is 7.00. The van der Waals surface area contributed by atoms with E-state index in [2.05, 4.69) is 36.3 Å². The first-order chi connectivity index (χ1) is 9.88. The van der Waals surface area contributed by atoms with Crippen molar-refractivity contribution in [3.05, 3.63) is 35.7 Å². The van der Waals surface area contributed by atoms with Gasteiger partial charge in [0, 0.05) is 19.2 Å². The maximum Gasteiger partial charge on any atom is 0.167 e. The summed E-state index contributed by atoms with van der Waals surface area (Å²) in [6.07, 6.45) is 0. The molecule has 2 aromatic rings. The van der Waals surface area contributed by atoms with E-state index in [9.17, 15) is 8.78 Å². The first-order valence-corrected chi connectivity index (χ1v) is 7.00. The van der Waals surface area contributed by atoms with Gasteiger partial charge >= 0.3 is 0 Å². The molecule has 1 atom stereocenters. The minimum atomic E-state index is -0.615. The summed E-state index contributed by atoms with van der Waals surface area (Å²) in [5.74, 6) is 0.0469. The molecule has 21 heavy (non-hydrogen) atoms. The van der Waals surface area contributed by atoms with Gasteiger partial charge < -0.3 is 9.88 Å². The van der Waals surface area contributed by atoms with Crippen molar-refractivity contribution >= 4 is 0 Å². The van der Waals surface area contributed by atoms with E-state index in [1.165, 1.54) is 12.1 Å². The molecule has 4 nitrogen and oxygen atoms in total. The molecule has 2 heterocycles. The molecule has 0 aliphatic carbocycles. The largest absolute Gasteiger partial charge is 0.308 e. The number of benzene rings is 1. The monoisotopic (exact) mass is 292 g/mol. The van der Waals surface area contributed by atoms with Gasteiger partial charge in [-0.1, -0.05) is 20.8 Å². The van der Waals surface area contributed by atoms with E-state index in [4.69, 9.17) is 0 Å². The summed E-state index contributed by atoms with van der Waals surface area (Å²) in [6, 6.07) is 3.58. The van der Waals surface area contributed by atoms with Gasteiger partial charge in [0.15, 0.2) is 11.6 Å². The van der Waals surface area contributed by atoms with Gasteiger partial charge in [-0.15, -0.1) is 10.2 Å². The van der Waals surface area contributed by atoms with E-state index < -0.39 is 11.6 Å². The molecule has 1 unspecified atom stereocenters. The van der Waals surface area contributed by atoms with E-state index in [1.54, 1.807) is 0 Å². The van der Waals surface area contributed by atoms with Crippen molar-refractivity contribution in [3.8, 4) is 11.4 Å². The Kier molecular flexibility index (Phi) is 3.28. The van der Waals surface area contributed by atoms with Crippen LogP contribution in [0.3, 0.4) is 0 Å². The SMILES string of the molecule is CC(C)(C)C1NCCn2c(-c3ccc(F)cc3F)nnc21. The van der Waals surface area contributed by atoms with Crippen LogP contribution in [0.5, 0.6) is 0 Å². The van der Waals surface area contributed by atoms with Gasteiger partial charge in [0.1, 0.15) is 11.6 Å². The van der Waals surface area contributed by atoms with Crippen LogP contribution in [0.15, 0.2) is 18.2 Å². The fraction of sp³-hybridized carbons (Fsp3) is 0.467. The molecule has 0 fully saturated rings. The Morgan fingerprint density at radius 1 is 1.24 bits per heavy atom. The molecule has 0 bridgehead atoms. The minimum Gasteiger partial charge on any atom is -0.308 e. The molecule has 0 radical (unpaired) electrons. The molecule has 0 saturated carbocycles. The summed E-state index contributed by atoms with van der Waals surface area (Å²) in [7, 11) is 0. The predicted octanol–water partition coefficient (Wildman–Crippen LogP) is 2.91. The van der Waals surface area contributed by atoms with Crippen molar-refractivity contribution < 1.29 is 8.78 Å². The highest BCUT2D eigenvalue weighted by Crippen LogP contribution is 2.35. The molecule has 112 valence electrons. The molecular formula is C15H18F2N4. The van der Waals surface area contributed by atoms with Crippen LogP contribution in [-0.4, -0.2) is 21.3 Å². The number of rotatable bonds is 1. The third-order valence-electron chi connectivity index (χ3n) is 3.76. The Hall–Kier alpha value is -1.82. The Morgan fingerprint density at radius 2 is 2.00 bits per heavy atom. The van der Waals surface area contributed by atoms with Gasteiger partial charge in [-0.2, -0.15) is 0 Å². The van der Waals surface area contributed by atoms with Crippen LogP contribution in [-0.2, 0) is 6.54 Å². The van der Waals surface area contributed by atoms with Gasteiger partial charge in [0.25, 0.3) is 0 Å². The van der Waals surface area contributed by atoms with E-state index in [0.29, 0.717) is 12.4 Å². The predicted molar refractivity (Wildman–Crippen MR) is 75.6 cm³/mol. The number of aromatic nitrogens is 3. The van der Waals surface area contributed by atoms with Crippen molar-refractivity contribution in [2.75, 3.05) is 6.54 Å². The molecule has 1 aromatic carbocycles. The van der Waals surface area contributed by atoms with Crippen molar-refractivity contribution in [3.63, 3.8) is 0 Å². The lowest BCUT2D eigenvalue weighted by Gasteiger charge is -2.34. The first kappa shape index (κ1) is 14.1.